The van der Waals surface area contributed by atoms with Crippen molar-refractivity contribution in [3.8, 4) is 0 Å². The largest absolute Gasteiger partial charge is 0.481 e. The van der Waals surface area contributed by atoms with Gasteiger partial charge < -0.3 is 16.2 Å². The Hall–Kier alpha value is -1.94. The highest BCUT2D eigenvalue weighted by Gasteiger charge is 2.38. The van der Waals surface area contributed by atoms with Crippen molar-refractivity contribution in [1.29, 1.82) is 0 Å². The summed E-state index contributed by atoms with van der Waals surface area (Å²) in [5.74, 6) is -2.23. The number of carbonyl (C=O) groups excluding carboxylic acids is 1. The summed E-state index contributed by atoms with van der Waals surface area (Å²) in [7, 11) is 0. The number of nitrogen functional groups attached to an aromatic ring is 1. The van der Waals surface area contributed by atoms with Crippen LogP contribution >= 0.6 is 39.6 Å². The van der Waals surface area contributed by atoms with Gasteiger partial charge in [0.1, 0.15) is 5.92 Å². The predicted molar refractivity (Wildman–Crippen MR) is 113 cm³/mol. The molecule has 1 aliphatic rings. The zero-order valence-corrected chi connectivity index (χ0v) is 17.1. The summed E-state index contributed by atoms with van der Waals surface area (Å²) in [4.78, 5) is 25.1. The average molecular weight is 466 g/mol. The molecular weight excluding hydrogens is 450 g/mol. The van der Waals surface area contributed by atoms with Gasteiger partial charge in [-0.2, -0.15) is 0 Å². The second kappa shape index (κ2) is 8.39. The molecule has 0 fully saturated rings. The Morgan fingerprint density at radius 1 is 1.19 bits per heavy atom. The van der Waals surface area contributed by atoms with Crippen LogP contribution in [0.1, 0.15) is 15.9 Å². The summed E-state index contributed by atoms with van der Waals surface area (Å²) in [6.07, 6.45) is 0. The highest BCUT2D eigenvalue weighted by molar-refractivity contribution is 9.10. The van der Waals surface area contributed by atoms with E-state index in [9.17, 15) is 14.7 Å². The predicted octanol–water partition coefficient (Wildman–Crippen LogP) is 3.54. The first kappa shape index (κ1) is 19.8. The number of hydrogen-bond acceptors (Lipinski definition) is 6. The van der Waals surface area contributed by atoms with Gasteiger partial charge in [-0.25, -0.2) is 0 Å². The third-order valence-corrected chi connectivity index (χ3v) is 6.32. The van der Waals surface area contributed by atoms with Crippen molar-refractivity contribution in [2.75, 3.05) is 5.73 Å². The Kier molecular flexibility index (Phi) is 6.15. The van der Waals surface area contributed by atoms with E-state index in [4.69, 9.17) is 10.9 Å². The molecule has 6 N–H and O–H groups in total. The minimum absolute atomic E-state index is 0.354. The summed E-state index contributed by atoms with van der Waals surface area (Å²) >= 11 is 5.65. The third kappa shape index (κ3) is 4.32. The van der Waals surface area contributed by atoms with Crippen LogP contribution in [0.15, 0.2) is 57.2 Å². The number of rotatable bonds is 5. The number of halogens is 1. The fourth-order valence-electron chi connectivity index (χ4n) is 2.74. The highest BCUT2D eigenvalue weighted by atomic mass is 79.9. The number of carboxylic acids is 1. The molecule has 2 atom stereocenters. The quantitative estimate of drug-likeness (QED) is 0.393. The summed E-state index contributed by atoms with van der Waals surface area (Å²) in [5.41, 5.74) is 8.10. The van der Waals surface area contributed by atoms with Crippen molar-refractivity contribution in [3.63, 3.8) is 0 Å². The van der Waals surface area contributed by atoms with Crippen molar-refractivity contribution >= 4 is 62.8 Å². The lowest BCUT2D eigenvalue weighted by molar-refractivity contribution is -0.139. The SMILES string of the molecule is NSc1ccc(C(=O)NC2SC=C(c3ccc(Br)cc3)C2C(=O)O)cc1N. The van der Waals surface area contributed by atoms with Crippen LogP contribution in [0.4, 0.5) is 5.69 Å². The van der Waals surface area contributed by atoms with Gasteiger partial charge >= 0.3 is 5.97 Å². The summed E-state index contributed by atoms with van der Waals surface area (Å²) in [5, 5.41) is 19.2. The Labute approximate surface area is 173 Å². The molecule has 2 aromatic rings. The number of nitrogens with two attached hydrogens (primary N) is 2. The number of carbonyl (C=O) groups is 2. The van der Waals surface area contributed by atoms with Gasteiger partial charge in [0, 0.05) is 20.6 Å². The number of benzene rings is 2. The van der Waals surface area contributed by atoms with Crippen LogP contribution in [-0.4, -0.2) is 22.4 Å². The Balaban J connectivity index is 1.79. The molecule has 1 aliphatic heterocycles. The fourth-order valence-corrected chi connectivity index (χ4v) is 4.52. The molecule has 2 aromatic carbocycles. The van der Waals surface area contributed by atoms with Gasteiger partial charge in [0.25, 0.3) is 5.91 Å². The third-order valence-electron chi connectivity index (χ3n) is 4.10. The van der Waals surface area contributed by atoms with Gasteiger partial charge in [-0.3, -0.25) is 14.7 Å². The molecule has 27 heavy (non-hydrogen) atoms. The molecule has 0 radical (unpaired) electrons. The van der Waals surface area contributed by atoms with Crippen molar-refractivity contribution in [1.82, 2.24) is 5.32 Å². The van der Waals surface area contributed by atoms with Crippen LogP contribution in [0, 0.1) is 5.92 Å². The topological polar surface area (TPSA) is 118 Å². The van der Waals surface area contributed by atoms with Gasteiger partial charge in [-0.05, 0) is 58.8 Å². The molecule has 0 spiro atoms. The molecule has 9 heteroatoms. The first-order valence-electron chi connectivity index (χ1n) is 7.82. The van der Waals surface area contributed by atoms with Crippen LogP contribution in [-0.2, 0) is 4.79 Å². The van der Waals surface area contributed by atoms with E-state index in [1.165, 1.54) is 17.8 Å². The lowest BCUT2D eigenvalue weighted by Gasteiger charge is -2.20. The second-order valence-corrected chi connectivity index (χ2v) is 8.40. The summed E-state index contributed by atoms with van der Waals surface area (Å²) in [6.45, 7) is 0. The molecule has 0 saturated carbocycles. The van der Waals surface area contributed by atoms with Crippen molar-refractivity contribution < 1.29 is 14.7 Å². The van der Waals surface area contributed by atoms with E-state index in [2.05, 4.69) is 21.2 Å². The van der Waals surface area contributed by atoms with E-state index in [0.717, 1.165) is 22.0 Å². The monoisotopic (exact) mass is 465 g/mol. The van der Waals surface area contributed by atoms with Crippen LogP contribution in [0.2, 0.25) is 0 Å². The maximum atomic E-state index is 12.6. The molecule has 0 bridgehead atoms. The Morgan fingerprint density at radius 2 is 1.89 bits per heavy atom. The van der Waals surface area contributed by atoms with Gasteiger partial charge in [0.2, 0.25) is 0 Å². The van der Waals surface area contributed by atoms with Crippen LogP contribution in [0.25, 0.3) is 5.57 Å². The van der Waals surface area contributed by atoms with Crippen molar-refractivity contribution in [2.24, 2.45) is 11.1 Å². The number of anilines is 1. The average Bonchev–Trinajstić information content (AvgIpc) is 3.06. The zero-order valence-electron chi connectivity index (χ0n) is 13.9. The number of hydrogen-bond donors (Lipinski definition) is 4. The highest BCUT2D eigenvalue weighted by Crippen LogP contribution is 2.40. The van der Waals surface area contributed by atoms with Crippen LogP contribution < -0.4 is 16.2 Å². The fraction of sp³-hybridized carbons (Fsp3) is 0.111. The van der Waals surface area contributed by atoms with Gasteiger partial charge in [-0.15, -0.1) is 11.8 Å². The molecule has 0 aliphatic carbocycles. The van der Waals surface area contributed by atoms with E-state index >= 15 is 0 Å². The lowest BCUT2D eigenvalue weighted by atomic mass is 9.93. The molecule has 2 unspecified atom stereocenters. The number of carboxylic acid groups (broad SMARTS) is 1. The first-order valence-corrected chi connectivity index (χ1v) is 10.4. The maximum absolute atomic E-state index is 12.6. The van der Waals surface area contributed by atoms with E-state index in [-0.39, 0.29) is 5.91 Å². The molecule has 1 heterocycles. The van der Waals surface area contributed by atoms with E-state index in [1.807, 2.05) is 24.3 Å². The summed E-state index contributed by atoms with van der Waals surface area (Å²) < 4.78 is 0.908. The molecule has 3 rings (SSSR count). The number of aliphatic carboxylic acids is 1. The van der Waals surface area contributed by atoms with Crippen LogP contribution in [0.5, 0.6) is 0 Å². The lowest BCUT2D eigenvalue weighted by Crippen LogP contribution is -2.39. The number of nitrogens with one attached hydrogen (secondary N) is 1. The minimum atomic E-state index is -0.992. The molecule has 0 saturated heterocycles. The zero-order chi connectivity index (χ0) is 19.6. The molecule has 0 aromatic heterocycles. The van der Waals surface area contributed by atoms with E-state index in [0.29, 0.717) is 21.7 Å². The number of thioether (sulfide) groups is 1. The van der Waals surface area contributed by atoms with Gasteiger partial charge in [-0.1, -0.05) is 28.1 Å². The molecular formula is C18H16BrN3O3S2. The maximum Gasteiger partial charge on any atom is 0.314 e. The Morgan fingerprint density at radius 3 is 2.48 bits per heavy atom. The van der Waals surface area contributed by atoms with Gasteiger partial charge in [0.15, 0.2) is 0 Å². The Bertz CT molecular complexity index is 919. The van der Waals surface area contributed by atoms with Crippen molar-refractivity contribution in [2.45, 2.75) is 10.3 Å². The molecule has 1 amide bonds. The number of amides is 1. The van der Waals surface area contributed by atoms with Gasteiger partial charge in [0.05, 0.1) is 5.37 Å². The molecule has 140 valence electrons. The summed E-state index contributed by atoms with van der Waals surface area (Å²) in [6, 6.07) is 12.2. The standard InChI is InChI=1S/C18H16BrN3O3S2/c19-11-4-1-9(2-5-11)12-8-26-17(15(12)18(24)25)22-16(23)10-3-6-14(27-21)13(20)7-10/h1-8,15,17H,20-21H2,(H,22,23)(H,24,25). The minimum Gasteiger partial charge on any atom is -0.481 e. The van der Waals surface area contributed by atoms with E-state index in [1.54, 1.807) is 17.5 Å². The second-order valence-electron chi connectivity index (χ2n) is 5.80. The van der Waals surface area contributed by atoms with Crippen LogP contribution in [0.3, 0.4) is 0 Å². The first-order chi connectivity index (χ1) is 12.9. The molecule has 6 nitrogen and oxygen atoms in total. The van der Waals surface area contributed by atoms with Crippen molar-refractivity contribution in [3.05, 3.63) is 63.5 Å². The normalized spacial score (nSPS) is 18.8. The van der Waals surface area contributed by atoms with E-state index < -0.39 is 17.3 Å². The smallest absolute Gasteiger partial charge is 0.314 e.